The minimum absolute atomic E-state index is 0.0739. The summed E-state index contributed by atoms with van der Waals surface area (Å²) in [5.74, 6) is 4.76. The van der Waals surface area contributed by atoms with Crippen LogP contribution in [0.15, 0.2) is 29.3 Å². The smallest absolute Gasteiger partial charge is 0.347 e. The number of aromatic amines is 1. The second-order valence-electron chi connectivity index (χ2n) is 3.47. The van der Waals surface area contributed by atoms with Crippen molar-refractivity contribution >= 4 is 0 Å². The van der Waals surface area contributed by atoms with Gasteiger partial charge in [-0.2, -0.15) is 5.10 Å². The zero-order valence-electron chi connectivity index (χ0n) is 9.35. The maximum atomic E-state index is 13.5. The fourth-order valence-corrected chi connectivity index (χ4v) is 1.40. The highest BCUT2D eigenvalue weighted by Crippen LogP contribution is 2.11. The molecule has 0 saturated carbocycles. The Morgan fingerprint density at radius 1 is 1.50 bits per heavy atom. The summed E-state index contributed by atoms with van der Waals surface area (Å²) in [4.78, 5) is 11.4. The van der Waals surface area contributed by atoms with Gasteiger partial charge in [0.2, 0.25) is 0 Å². The van der Waals surface area contributed by atoms with Gasteiger partial charge in [-0.3, -0.25) is 0 Å². The molecule has 1 heterocycles. The van der Waals surface area contributed by atoms with E-state index < -0.39 is 11.5 Å². The lowest BCUT2D eigenvalue weighted by atomic mass is 10.2. The molecule has 1 aromatic carbocycles. The highest BCUT2D eigenvalue weighted by atomic mass is 19.1. The van der Waals surface area contributed by atoms with Crippen LogP contribution < -0.4 is 5.69 Å². The first kappa shape index (κ1) is 12.1. The Morgan fingerprint density at radius 2 is 2.33 bits per heavy atom. The third-order valence-corrected chi connectivity index (χ3v) is 2.24. The molecule has 0 amide bonds. The van der Waals surface area contributed by atoms with Gasteiger partial charge in [0.1, 0.15) is 12.1 Å². The van der Waals surface area contributed by atoms with Crippen molar-refractivity contribution in [2.24, 2.45) is 0 Å². The minimum atomic E-state index is -0.472. The van der Waals surface area contributed by atoms with Crippen LogP contribution in [-0.4, -0.2) is 26.5 Å². The Hall–Kier alpha value is -2.39. The normalized spacial score (nSPS) is 9.89. The summed E-state index contributed by atoms with van der Waals surface area (Å²) in [6.07, 6.45) is 1.58. The SMILES string of the molecule is O=c1[nH]ncn1-c1ccc(F)c(C#CCCO)c1. The molecule has 0 aliphatic rings. The van der Waals surface area contributed by atoms with Crippen LogP contribution in [0.1, 0.15) is 12.0 Å². The third kappa shape index (κ3) is 2.47. The summed E-state index contributed by atoms with van der Waals surface area (Å²) in [6.45, 7) is -0.0739. The molecule has 0 aliphatic heterocycles. The molecule has 0 unspecified atom stereocenters. The van der Waals surface area contributed by atoms with Gasteiger partial charge in [0.15, 0.2) is 0 Å². The summed E-state index contributed by atoms with van der Waals surface area (Å²) in [7, 11) is 0. The molecule has 0 bridgehead atoms. The van der Waals surface area contributed by atoms with Gasteiger partial charge >= 0.3 is 5.69 Å². The molecule has 1 aromatic heterocycles. The monoisotopic (exact) mass is 247 g/mol. The Labute approximate surface area is 102 Å². The van der Waals surface area contributed by atoms with Crippen molar-refractivity contribution in [3.63, 3.8) is 0 Å². The van der Waals surface area contributed by atoms with Gasteiger partial charge in [-0.05, 0) is 18.2 Å². The summed E-state index contributed by atoms with van der Waals surface area (Å²) >= 11 is 0. The largest absolute Gasteiger partial charge is 0.395 e. The van der Waals surface area contributed by atoms with E-state index in [1.807, 2.05) is 0 Å². The van der Waals surface area contributed by atoms with E-state index in [9.17, 15) is 9.18 Å². The van der Waals surface area contributed by atoms with E-state index in [1.54, 1.807) is 0 Å². The highest BCUT2D eigenvalue weighted by Gasteiger charge is 2.05. The van der Waals surface area contributed by atoms with E-state index in [-0.39, 0.29) is 18.6 Å². The predicted molar refractivity (Wildman–Crippen MR) is 62.7 cm³/mol. The van der Waals surface area contributed by atoms with Crippen molar-refractivity contribution < 1.29 is 9.50 Å². The Bertz CT molecular complexity index is 664. The van der Waals surface area contributed by atoms with E-state index in [0.29, 0.717) is 5.69 Å². The number of aliphatic hydroxyl groups is 1. The molecule has 6 heteroatoms. The topological polar surface area (TPSA) is 70.9 Å². The molecule has 0 spiro atoms. The molecule has 5 nitrogen and oxygen atoms in total. The average molecular weight is 247 g/mol. The fraction of sp³-hybridized carbons (Fsp3) is 0.167. The Balaban J connectivity index is 2.42. The Morgan fingerprint density at radius 3 is 3.00 bits per heavy atom. The van der Waals surface area contributed by atoms with Crippen LogP contribution in [-0.2, 0) is 0 Å². The lowest BCUT2D eigenvalue weighted by Crippen LogP contribution is -2.14. The summed E-state index contributed by atoms with van der Waals surface area (Å²) < 4.78 is 14.7. The number of hydrogen-bond acceptors (Lipinski definition) is 3. The molecule has 0 atom stereocenters. The van der Waals surface area contributed by atoms with Gasteiger partial charge in [0.25, 0.3) is 0 Å². The van der Waals surface area contributed by atoms with Gasteiger partial charge < -0.3 is 5.11 Å². The van der Waals surface area contributed by atoms with Crippen LogP contribution in [0.2, 0.25) is 0 Å². The predicted octanol–water partition coefficient (Wildman–Crippen LogP) is 0.434. The molecule has 92 valence electrons. The van der Waals surface area contributed by atoms with Gasteiger partial charge in [0, 0.05) is 6.42 Å². The molecule has 0 saturated heterocycles. The van der Waals surface area contributed by atoms with Crippen LogP contribution in [0.25, 0.3) is 5.69 Å². The number of rotatable bonds is 2. The van der Waals surface area contributed by atoms with Crippen molar-refractivity contribution in [1.82, 2.24) is 14.8 Å². The first-order valence-electron chi connectivity index (χ1n) is 5.24. The quantitative estimate of drug-likeness (QED) is 0.756. The van der Waals surface area contributed by atoms with E-state index in [0.717, 1.165) is 0 Å². The van der Waals surface area contributed by atoms with Crippen molar-refractivity contribution in [2.75, 3.05) is 6.61 Å². The van der Waals surface area contributed by atoms with E-state index in [4.69, 9.17) is 5.11 Å². The number of benzene rings is 1. The Kier molecular flexibility index (Phi) is 3.55. The van der Waals surface area contributed by atoms with Gasteiger partial charge in [-0.25, -0.2) is 18.9 Å². The standard InChI is InChI=1S/C12H10FN3O2/c13-11-5-4-10(16-8-14-15-12(16)18)7-9(11)3-1-2-6-17/h4-5,7-8,17H,2,6H2,(H,15,18). The van der Waals surface area contributed by atoms with Crippen LogP contribution in [0.4, 0.5) is 4.39 Å². The maximum Gasteiger partial charge on any atom is 0.347 e. The van der Waals surface area contributed by atoms with E-state index >= 15 is 0 Å². The second kappa shape index (κ2) is 5.29. The molecular formula is C12H10FN3O2. The van der Waals surface area contributed by atoms with Crippen molar-refractivity contribution in [2.45, 2.75) is 6.42 Å². The molecule has 2 aromatic rings. The summed E-state index contributed by atoms with van der Waals surface area (Å²) in [5.41, 5.74) is 0.244. The van der Waals surface area contributed by atoms with Crippen LogP contribution in [0.3, 0.4) is 0 Å². The van der Waals surface area contributed by atoms with Gasteiger partial charge in [-0.15, -0.1) is 0 Å². The van der Waals surface area contributed by atoms with Crippen LogP contribution in [0.5, 0.6) is 0 Å². The van der Waals surface area contributed by atoms with Crippen molar-refractivity contribution in [3.8, 4) is 17.5 Å². The van der Waals surface area contributed by atoms with Crippen molar-refractivity contribution in [3.05, 3.63) is 46.4 Å². The number of aromatic nitrogens is 3. The average Bonchev–Trinajstić information content (AvgIpc) is 2.78. The number of hydrogen-bond donors (Lipinski definition) is 2. The third-order valence-electron chi connectivity index (χ3n) is 2.24. The molecular weight excluding hydrogens is 237 g/mol. The van der Waals surface area contributed by atoms with Gasteiger partial charge in [0.05, 0.1) is 17.9 Å². The number of H-pyrrole nitrogens is 1. The molecule has 0 fully saturated rings. The zero-order chi connectivity index (χ0) is 13.0. The minimum Gasteiger partial charge on any atom is -0.395 e. The first-order valence-corrected chi connectivity index (χ1v) is 5.24. The molecule has 0 radical (unpaired) electrons. The van der Waals surface area contributed by atoms with E-state index in [1.165, 1.54) is 29.1 Å². The van der Waals surface area contributed by atoms with Crippen LogP contribution in [0, 0.1) is 17.7 Å². The first-order chi connectivity index (χ1) is 8.72. The fourth-order valence-electron chi connectivity index (χ4n) is 1.40. The summed E-state index contributed by atoms with van der Waals surface area (Å²) in [5, 5.41) is 14.4. The maximum absolute atomic E-state index is 13.5. The number of nitrogens with zero attached hydrogens (tertiary/aromatic N) is 2. The lowest BCUT2D eigenvalue weighted by Gasteiger charge is -2.01. The second-order valence-corrected chi connectivity index (χ2v) is 3.47. The number of nitrogens with one attached hydrogen (secondary N) is 1. The van der Waals surface area contributed by atoms with Crippen LogP contribution >= 0.6 is 0 Å². The molecule has 2 rings (SSSR count). The van der Waals surface area contributed by atoms with Gasteiger partial charge in [-0.1, -0.05) is 11.8 Å². The van der Waals surface area contributed by atoms with Crippen molar-refractivity contribution in [1.29, 1.82) is 0 Å². The zero-order valence-corrected chi connectivity index (χ0v) is 9.35. The van der Waals surface area contributed by atoms with E-state index in [2.05, 4.69) is 22.0 Å². The molecule has 0 aliphatic carbocycles. The summed E-state index contributed by atoms with van der Waals surface area (Å²) in [6, 6.07) is 4.15. The molecule has 2 N–H and O–H groups in total. The number of halogens is 1. The highest BCUT2D eigenvalue weighted by molar-refractivity contribution is 5.44. The number of aliphatic hydroxyl groups excluding tert-OH is 1. The lowest BCUT2D eigenvalue weighted by molar-refractivity contribution is 0.305. The molecule has 18 heavy (non-hydrogen) atoms.